The summed E-state index contributed by atoms with van der Waals surface area (Å²) in [6.07, 6.45) is 0.206. The lowest BCUT2D eigenvalue weighted by atomic mass is 10.2. The summed E-state index contributed by atoms with van der Waals surface area (Å²) in [6.45, 7) is 2.05. The molecule has 94 valence electrons. The fourth-order valence-electron chi connectivity index (χ4n) is 1.57. The summed E-state index contributed by atoms with van der Waals surface area (Å²) in [4.78, 5) is 0.568. The summed E-state index contributed by atoms with van der Waals surface area (Å²) in [5.41, 5.74) is 1.07. The summed E-state index contributed by atoms with van der Waals surface area (Å²) in [5, 5.41) is 0. The van der Waals surface area contributed by atoms with Gasteiger partial charge >= 0.3 is 0 Å². The molecule has 1 aromatic rings. The molecule has 0 radical (unpaired) electrons. The molecular weight excluding hydrogens is 246 g/mol. The van der Waals surface area contributed by atoms with Gasteiger partial charge in [-0.15, -0.1) is 0 Å². The average Bonchev–Trinajstić information content (AvgIpc) is 2.87. The number of hydrogen-bond donors (Lipinski definition) is 0. The zero-order valence-corrected chi connectivity index (χ0v) is 10.3. The monoisotopic (exact) mass is 260 g/mol. The highest BCUT2D eigenvalue weighted by molar-refractivity contribution is 7.80. The second-order valence-corrected chi connectivity index (χ2v) is 5.50. The Labute approximate surface area is 102 Å². The molecule has 17 heavy (non-hydrogen) atoms. The van der Waals surface area contributed by atoms with Crippen LogP contribution in [0.1, 0.15) is 18.4 Å². The first-order chi connectivity index (χ1) is 7.99. The van der Waals surface area contributed by atoms with E-state index in [4.69, 9.17) is 4.18 Å². The highest BCUT2D eigenvalue weighted by atomic mass is 32.2. The van der Waals surface area contributed by atoms with Crippen LogP contribution < -0.4 is 0 Å². The van der Waals surface area contributed by atoms with Gasteiger partial charge < -0.3 is 0 Å². The topological polar surface area (TPSA) is 26.3 Å². The van der Waals surface area contributed by atoms with Crippen molar-refractivity contribution in [2.75, 3.05) is 6.61 Å². The van der Waals surface area contributed by atoms with E-state index in [2.05, 4.69) is 0 Å². The third-order valence-electron chi connectivity index (χ3n) is 2.83. The van der Waals surface area contributed by atoms with Crippen molar-refractivity contribution in [2.45, 2.75) is 30.6 Å². The molecular formula is C12H14F2O2S. The minimum Gasteiger partial charge on any atom is -0.287 e. The van der Waals surface area contributed by atoms with Gasteiger partial charge in [-0.2, -0.15) is 0 Å². The molecule has 2 rings (SSSR count). The van der Waals surface area contributed by atoms with E-state index in [1.54, 1.807) is 12.1 Å². The molecule has 2 nitrogen and oxygen atoms in total. The third-order valence-corrected chi connectivity index (χ3v) is 3.86. The quantitative estimate of drug-likeness (QED) is 0.813. The molecule has 0 spiro atoms. The average molecular weight is 260 g/mol. The molecule has 1 aromatic carbocycles. The van der Waals surface area contributed by atoms with Crippen LogP contribution >= 0.6 is 0 Å². The molecule has 1 fully saturated rings. The molecule has 0 N–H and O–H groups in total. The van der Waals surface area contributed by atoms with E-state index in [9.17, 15) is 13.0 Å². The maximum absolute atomic E-state index is 12.6. The van der Waals surface area contributed by atoms with Crippen molar-refractivity contribution < 1.29 is 17.2 Å². The molecule has 0 amide bonds. The van der Waals surface area contributed by atoms with Gasteiger partial charge in [0, 0.05) is 12.3 Å². The van der Waals surface area contributed by atoms with E-state index in [-0.39, 0.29) is 19.4 Å². The Balaban J connectivity index is 1.76. The van der Waals surface area contributed by atoms with Crippen LogP contribution in [-0.4, -0.2) is 16.7 Å². The van der Waals surface area contributed by atoms with Crippen molar-refractivity contribution in [3.8, 4) is 0 Å². The maximum Gasteiger partial charge on any atom is 0.251 e. The van der Waals surface area contributed by atoms with Crippen molar-refractivity contribution in [2.24, 2.45) is 5.92 Å². The summed E-state index contributed by atoms with van der Waals surface area (Å²) < 4.78 is 41.8. The fourth-order valence-corrected chi connectivity index (χ4v) is 2.31. The Kier molecular flexibility index (Phi) is 3.58. The Bertz CT molecular complexity index is 417. The summed E-state index contributed by atoms with van der Waals surface area (Å²) in [7, 11) is 0. The van der Waals surface area contributed by atoms with E-state index in [1.165, 1.54) is 0 Å². The Hall–Kier alpha value is -0.810. The van der Waals surface area contributed by atoms with E-state index in [1.807, 2.05) is 19.1 Å². The molecule has 2 atom stereocenters. The summed E-state index contributed by atoms with van der Waals surface area (Å²) in [6, 6.07) is 7.12. The van der Waals surface area contributed by atoms with Crippen molar-refractivity contribution in [1.82, 2.24) is 0 Å². The molecule has 2 unspecified atom stereocenters. The number of alkyl halides is 2. The van der Waals surface area contributed by atoms with Gasteiger partial charge in [-0.3, -0.25) is 4.18 Å². The predicted octanol–water partition coefficient (Wildman–Crippen LogP) is 3.08. The van der Waals surface area contributed by atoms with E-state index in [0.29, 0.717) is 4.90 Å². The van der Waals surface area contributed by atoms with Gasteiger partial charge in [0.1, 0.15) is 0 Å². The maximum atomic E-state index is 12.6. The molecule has 1 aliphatic rings. The van der Waals surface area contributed by atoms with Gasteiger partial charge in [0.15, 0.2) is 11.1 Å². The molecule has 1 saturated carbocycles. The summed E-state index contributed by atoms with van der Waals surface area (Å²) in [5.74, 6) is -3.10. The lowest BCUT2D eigenvalue weighted by molar-refractivity contribution is 0.0936. The zero-order chi connectivity index (χ0) is 12.5. The Morgan fingerprint density at radius 3 is 2.53 bits per heavy atom. The predicted molar refractivity (Wildman–Crippen MR) is 61.2 cm³/mol. The standard InChI is InChI=1S/C12H14F2O2S/c1-9-2-4-11(5-3-9)17(15)16-7-6-10-8-12(10,13)14/h2-5,10H,6-8H2,1H3. The van der Waals surface area contributed by atoms with Crippen molar-refractivity contribution in [3.63, 3.8) is 0 Å². The molecule has 1 aliphatic carbocycles. The highest BCUT2D eigenvalue weighted by Gasteiger charge is 2.56. The van der Waals surface area contributed by atoms with Crippen LogP contribution in [0.5, 0.6) is 0 Å². The number of benzene rings is 1. The fraction of sp³-hybridized carbons (Fsp3) is 0.500. The Morgan fingerprint density at radius 2 is 2.00 bits per heavy atom. The minimum absolute atomic E-state index is 0.0620. The molecule has 0 aromatic heterocycles. The van der Waals surface area contributed by atoms with Crippen LogP contribution in [0.15, 0.2) is 29.2 Å². The first kappa shape index (κ1) is 12.6. The van der Waals surface area contributed by atoms with E-state index < -0.39 is 22.9 Å². The van der Waals surface area contributed by atoms with Crippen LogP contribution in [0, 0.1) is 12.8 Å². The molecule has 0 bridgehead atoms. The summed E-state index contributed by atoms with van der Waals surface area (Å²) >= 11 is -1.55. The third kappa shape index (κ3) is 3.33. The smallest absolute Gasteiger partial charge is 0.251 e. The minimum atomic E-state index is -2.52. The lowest BCUT2D eigenvalue weighted by Crippen LogP contribution is -2.03. The number of hydrogen-bond acceptors (Lipinski definition) is 2. The molecule has 0 saturated heterocycles. The van der Waals surface area contributed by atoms with Crippen LogP contribution in [0.2, 0.25) is 0 Å². The van der Waals surface area contributed by atoms with Gasteiger partial charge in [0.2, 0.25) is 0 Å². The second kappa shape index (κ2) is 4.82. The molecule has 5 heteroatoms. The van der Waals surface area contributed by atoms with Gasteiger partial charge in [0.05, 0.1) is 11.5 Å². The van der Waals surface area contributed by atoms with Gasteiger partial charge in [0.25, 0.3) is 5.92 Å². The van der Waals surface area contributed by atoms with Gasteiger partial charge in [-0.05, 0) is 25.5 Å². The second-order valence-electron chi connectivity index (χ2n) is 4.32. The first-order valence-corrected chi connectivity index (χ1v) is 6.56. The van der Waals surface area contributed by atoms with E-state index in [0.717, 1.165) is 5.56 Å². The highest BCUT2D eigenvalue weighted by Crippen LogP contribution is 2.50. The first-order valence-electron chi connectivity index (χ1n) is 5.48. The zero-order valence-electron chi connectivity index (χ0n) is 9.49. The normalized spacial score (nSPS) is 23.4. The van der Waals surface area contributed by atoms with Crippen LogP contribution in [0.4, 0.5) is 8.78 Å². The van der Waals surface area contributed by atoms with E-state index >= 15 is 0 Å². The van der Waals surface area contributed by atoms with Crippen LogP contribution in [0.3, 0.4) is 0 Å². The van der Waals surface area contributed by atoms with Crippen molar-refractivity contribution in [3.05, 3.63) is 29.8 Å². The van der Waals surface area contributed by atoms with Crippen molar-refractivity contribution >= 4 is 11.1 Å². The lowest BCUT2D eigenvalue weighted by Gasteiger charge is -2.03. The van der Waals surface area contributed by atoms with Gasteiger partial charge in [-0.1, -0.05) is 17.7 Å². The SMILES string of the molecule is Cc1ccc(S(=O)OCCC2CC2(F)F)cc1. The molecule has 0 heterocycles. The van der Waals surface area contributed by atoms with Gasteiger partial charge in [-0.25, -0.2) is 13.0 Å². The van der Waals surface area contributed by atoms with Crippen molar-refractivity contribution in [1.29, 1.82) is 0 Å². The number of aryl methyl sites for hydroxylation is 1. The molecule has 0 aliphatic heterocycles. The number of halogens is 2. The van der Waals surface area contributed by atoms with Crippen LogP contribution in [-0.2, 0) is 15.3 Å². The Morgan fingerprint density at radius 1 is 1.41 bits per heavy atom. The largest absolute Gasteiger partial charge is 0.287 e. The number of rotatable bonds is 5. The van der Waals surface area contributed by atoms with Crippen LogP contribution in [0.25, 0.3) is 0 Å².